The van der Waals surface area contributed by atoms with Crippen LogP contribution in [0.3, 0.4) is 0 Å². The van der Waals surface area contributed by atoms with Gasteiger partial charge in [0.15, 0.2) is 5.82 Å². The van der Waals surface area contributed by atoms with Crippen LogP contribution in [0.2, 0.25) is 0 Å². The molecule has 2 saturated heterocycles. The number of likely N-dealkylation sites (tertiary alicyclic amines) is 1. The average Bonchev–Trinajstić information content (AvgIpc) is 3.77. The number of nitriles is 1. The standard InChI is InChI=1S/C37H40F2N6O7S2/c1-8-54(48,49)33-41-29-27(31(42-33)45-18-9-10-19(45)15-44(14-18)35(47)52-37(5,6)7)23-17-50-16-22(23)25(28(29)39)20-11-12-24(38)30-26(20)21(13-40)32(53-30)43-34(46)51-36(2,3)4/h11-12,18-19H,8-10,14-17H2,1-7H3,(H,43,46). The largest absolute Gasteiger partial charge is 0.444 e. The number of aromatic nitrogens is 2. The molecule has 0 saturated carbocycles. The lowest BCUT2D eigenvalue weighted by Crippen LogP contribution is -2.56. The molecule has 17 heteroatoms. The predicted octanol–water partition coefficient (Wildman–Crippen LogP) is 7.42. The third-order valence-electron chi connectivity index (χ3n) is 9.58. The van der Waals surface area contributed by atoms with E-state index >= 15 is 8.78 Å². The highest BCUT2D eigenvalue weighted by molar-refractivity contribution is 7.91. The predicted molar refractivity (Wildman–Crippen MR) is 198 cm³/mol. The molecule has 54 heavy (non-hydrogen) atoms. The number of nitrogens with one attached hydrogen (secondary N) is 1. The zero-order valence-corrected chi connectivity index (χ0v) is 32.6. The molecule has 7 rings (SSSR count). The molecule has 2 bridgehead atoms. The number of thiophene rings is 1. The minimum absolute atomic E-state index is 0.000620. The van der Waals surface area contributed by atoms with Crippen LogP contribution in [0.1, 0.15) is 78.0 Å². The van der Waals surface area contributed by atoms with Gasteiger partial charge in [0.25, 0.3) is 0 Å². The van der Waals surface area contributed by atoms with Crippen LogP contribution in [-0.4, -0.2) is 77.6 Å². The summed E-state index contributed by atoms with van der Waals surface area (Å²) in [7, 11) is -4.06. The van der Waals surface area contributed by atoms with E-state index in [2.05, 4.69) is 15.3 Å². The number of carbonyl (C=O) groups excluding carboxylic acids is 2. The quantitative estimate of drug-likeness (QED) is 0.200. The van der Waals surface area contributed by atoms with Crippen LogP contribution in [0, 0.1) is 23.0 Å². The van der Waals surface area contributed by atoms with Gasteiger partial charge in [-0.15, -0.1) is 11.3 Å². The number of sulfone groups is 1. The Hall–Kier alpha value is -4.66. The summed E-state index contributed by atoms with van der Waals surface area (Å²) in [6.45, 7) is 12.4. The Morgan fingerprint density at radius 1 is 1.02 bits per heavy atom. The van der Waals surface area contributed by atoms with Crippen molar-refractivity contribution in [1.29, 1.82) is 5.26 Å². The molecule has 0 aliphatic carbocycles. The first kappa shape index (κ1) is 37.6. The molecule has 2 atom stereocenters. The topological polar surface area (TPSA) is 164 Å². The van der Waals surface area contributed by atoms with Crippen molar-refractivity contribution in [1.82, 2.24) is 14.9 Å². The van der Waals surface area contributed by atoms with E-state index in [0.29, 0.717) is 24.0 Å². The average molecular weight is 783 g/mol. The first-order valence-electron chi connectivity index (χ1n) is 17.6. The van der Waals surface area contributed by atoms with Crippen molar-refractivity contribution in [3.05, 3.63) is 40.5 Å². The second-order valence-corrected chi connectivity index (χ2v) is 18.8. The van der Waals surface area contributed by atoms with Gasteiger partial charge in [0.2, 0.25) is 15.0 Å². The zero-order valence-electron chi connectivity index (χ0n) is 30.9. The number of fused-ring (bicyclic) bond motifs is 6. The molecule has 2 aromatic carbocycles. The molecule has 5 heterocycles. The van der Waals surface area contributed by atoms with Crippen molar-refractivity contribution in [2.45, 2.75) is 103 Å². The van der Waals surface area contributed by atoms with Crippen molar-refractivity contribution >= 4 is 65.2 Å². The maximum Gasteiger partial charge on any atom is 0.412 e. The van der Waals surface area contributed by atoms with Gasteiger partial charge in [0.1, 0.15) is 39.4 Å². The van der Waals surface area contributed by atoms with Crippen molar-refractivity contribution < 1.29 is 41.0 Å². The summed E-state index contributed by atoms with van der Waals surface area (Å²) in [5, 5.41) is 12.7. The number of rotatable bonds is 5. The number of anilines is 2. The van der Waals surface area contributed by atoms with E-state index < -0.39 is 50.0 Å². The van der Waals surface area contributed by atoms with Gasteiger partial charge < -0.3 is 24.0 Å². The Balaban J connectivity index is 1.44. The molecule has 3 aliphatic heterocycles. The second kappa shape index (κ2) is 13.3. The summed E-state index contributed by atoms with van der Waals surface area (Å²) in [5.74, 6) is -1.69. The van der Waals surface area contributed by atoms with Gasteiger partial charge in [-0.1, -0.05) is 13.0 Å². The maximum atomic E-state index is 17.5. The molecule has 0 spiro atoms. The van der Waals surface area contributed by atoms with E-state index in [4.69, 9.17) is 14.2 Å². The number of hydrogen-bond acceptors (Lipinski definition) is 12. The van der Waals surface area contributed by atoms with E-state index in [1.807, 2.05) is 11.0 Å². The van der Waals surface area contributed by atoms with Crippen LogP contribution >= 0.6 is 11.3 Å². The summed E-state index contributed by atoms with van der Waals surface area (Å²) in [6, 6.07) is 4.01. The molecule has 13 nitrogen and oxygen atoms in total. The SMILES string of the molecule is CCS(=O)(=O)c1nc(N2C3CCC2CN(C(=O)OC(C)(C)C)C3)c2c3c(c(-c4ccc(F)c5sc(NC(=O)OC(C)(C)C)c(C#N)c45)c(F)c2n1)COC3. The maximum absolute atomic E-state index is 17.5. The molecule has 2 unspecified atom stereocenters. The number of hydrogen-bond donors (Lipinski definition) is 1. The first-order chi connectivity index (χ1) is 25.3. The Morgan fingerprint density at radius 2 is 1.67 bits per heavy atom. The molecule has 286 valence electrons. The van der Waals surface area contributed by atoms with Crippen LogP contribution in [0.15, 0.2) is 17.3 Å². The highest BCUT2D eigenvalue weighted by Crippen LogP contribution is 2.49. The smallest absolute Gasteiger partial charge is 0.412 e. The number of benzene rings is 2. The van der Waals surface area contributed by atoms with Gasteiger partial charge in [-0.3, -0.25) is 5.32 Å². The van der Waals surface area contributed by atoms with Gasteiger partial charge >= 0.3 is 12.2 Å². The normalized spacial score (nSPS) is 18.6. The highest BCUT2D eigenvalue weighted by atomic mass is 32.2. The van der Waals surface area contributed by atoms with E-state index in [1.165, 1.54) is 13.0 Å². The number of ether oxygens (including phenoxy) is 3. The molecular formula is C37H40F2N6O7S2. The van der Waals surface area contributed by atoms with E-state index in [9.17, 15) is 23.3 Å². The van der Waals surface area contributed by atoms with Crippen molar-refractivity contribution in [3.8, 4) is 17.2 Å². The second-order valence-electron chi connectivity index (χ2n) is 15.6. The third-order valence-corrected chi connectivity index (χ3v) is 12.2. The Morgan fingerprint density at radius 3 is 2.28 bits per heavy atom. The lowest BCUT2D eigenvalue weighted by Gasteiger charge is -2.42. The summed E-state index contributed by atoms with van der Waals surface area (Å²) in [6.07, 6.45) is 0.0410. The molecule has 0 radical (unpaired) electrons. The number of halogens is 2. The molecule has 3 aliphatic rings. The molecular weight excluding hydrogens is 743 g/mol. The molecule has 2 amide bonds. The van der Waals surface area contributed by atoms with Gasteiger partial charge in [0, 0.05) is 36.1 Å². The van der Waals surface area contributed by atoms with E-state index in [1.54, 1.807) is 46.4 Å². The minimum atomic E-state index is -4.06. The van der Waals surface area contributed by atoms with Gasteiger partial charge in [-0.25, -0.2) is 36.8 Å². The molecule has 4 aromatic rings. The Kier molecular flexibility index (Phi) is 9.25. The number of nitrogens with zero attached hydrogens (tertiary/aromatic N) is 5. The third kappa shape index (κ3) is 6.58. The zero-order chi connectivity index (χ0) is 39.1. The van der Waals surface area contributed by atoms with Gasteiger partial charge in [0.05, 0.1) is 34.6 Å². The lowest BCUT2D eigenvalue weighted by molar-refractivity contribution is 0.0209. The molecule has 2 aromatic heterocycles. The Labute approximate surface area is 315 Å². The van der Waals surface area contributed by atoms with Crippen molar-refractivity contribution in [2.24, 2.45) is 0 Å². The van der Waals surface area contributed by atoms with Crippen molar-refractivity contribution in [2.75, 3.05) is 29.1 Å². The fourth-order valence-electron chi connectivity index (χ4n) is 7.42. The first-order valence-corrected chi connectivity index (χ1v) is 20.1. The fourth-order valence-corrected chi connectivity index (χ4v) is 9.21. The van der Waals surface area contributed by atoms with E-state index in [-0.39, 0.29) is 92.6 Å². The van der Waals surface area contributed by atoms with Crippen LogP contribution in [0.4, 0.5) is 29.2 Å². The van der Waals surface area contributed by atoms with Crippen LogP contribution < -0.4 is 10.2 Å². The number of amides is 2. The van der Waals surface area contributed by atoms with Crippen LogP contribution in [0.5, 0.6) is 0 Å². The summed E-state index contributed by atoms with van der Waals surface area (Å²) in [5.41, 5.74) is -0.848. The van der Waals surface area contributed by atoms with Gasteiger partial charge in [-0.05, 0) is 77.1 Å². The Bertz CT molecular complexity index is 2380. The molecule has 2 fully saturated rings. The fraction of sp³-hybridized carbons (Fsp3) is 0.486. The monoisotopic (exact) mass is 782 g/mol. The van der Waals surface area contributed by atoms with Crippen LogP contribution in [-0.2, 0) is 37.3 Å². The van der Waals surface area contributed by atoms with Crippen molar-refractivity contribution in [3.63, 3.8) is 0 Å². The lowest BCUT2D eigenvalue weighted by atomic mass is 9.90. The van der Waals surface area contributed by atoms with Crippen LogP contribution in [0.25, 0.3) is 32.1 Å². The van der Waals surface area contributed by atoms with E-state index in [0.717, 1.165) is 17.4 Å². The summed E-state index contributed by atoms with van der Waals surface area (Å²) < 4.78 is 76.8. The highest BCUT2D eigenvalue weighted by Gasteiger charge is 2.45. The minimum Gasteiger partial charge on any atom is -0.444 e. The van der Waals surface area contributed by atoms with Gasteiger partial charge in [-0.2, -0.15) is 5.26 Å². The summed E-state index contributed by atoms with van der Waals surface area (Å²) in [4.78, 5) is 38.4. The molecule has 1 N–H and O–H groups in total. The summed E-state index contributed by atoms with van der Waals surface area (Å²) >= 11 is 0.812. The number of piperazine rings is 1. The number of carbonyl (C=O) groups is 2.